The molecule has 2 N–H and O–H groups in total. The molecule has 8 nitrogen and oxygen atoms in total. The van der Waals surface area contributed by atoms with Crippen LogP contribution in [0.4, 0.5) is 0 Å². The number of rotatable bonds is 4. The Balaban J connectivity index is 1.56. The van der Waals surface area contributed by atoms with E-state index in [1.54, 1.807) is 18.2 Å². The highest BCUT2D eigenvalue weighted by atomic mass is 32.2. The number of fused-ring (bicyclic) bond motifs is 1. The molecule has 0 radical (unpaired) electrons. The van der Waals surface area contributed by atoms with Crippen LogP contribution in [-0.2, 0) is 19.6 Å². The van der Waals surface area contributed by atoms with E-state index in [0.717, 1.165) is 5.56 Å². The van der Waals surface area contributed by atoms with Crippen LogP contribution in [0.1, 0.15) is 11.1 Å². The quantitative estimate of drug-likeness (QED) is 0.724. The van der Waals surface area contributed by atoms with Crippen LogP contribution in [0, 0.1) is 0 Å². The zero-order valence-electron chi connectivity index (χ0n) is 17.5. The molecule has 32 heavy (non-hydrogen) atoms. The van der Waals surface area contributed by atoms with Crippen molar-refractivity contribution in [3.63, 3.8) is 0 Å². The Labute approximate surface area is 186 Å². The van der Waals surface area contributed by atoms with Gasteiger partial charge in [0.1, 0.15) is 0 Å². The van der Waals surface area contributed by atoms with E-state index in [4.69, 9.17) is 0 Å². The number of benzene rings is 2. The fraction of sp³-hybridized carbons (Fsp3) is 0.217. The second kappa shape index (κ2) is 7.70. The topological polar surface area (TPSA) is 98.8 Å². The van der Waals surface area contributed by atoms with Crippen LogP contribution < -0.4 is 10.6 Å². The second-order valence-corrected chi connectivity index (χ2v) is 9.95. The first-order valence-electron chi connectivity index (χ1n) is 10.3. The molecule has 5 rings (SSSR count). The number of hydrogen-bond donors (Lipinski definition) is 2. The molecule has 3 aliphatic heterocycles. The molecule has 0 aliphatic carbocycles. The zero-order valence-corrected chi connectivity index (χ0v) is 18.3. The highest BCUT2D eigenvalue weighted by molar-refractivity contribution is 7.89. The summed E-state index contributed by atoms with van der Waals surface area (Å²) in [6.07, 6.45) is 0. The monoisotopic (exact) mass is 450 g/mol. The molecule has 2 aromatic carbocycles. The van der Waals surface area contributed by atoms with Gasteiger partial charge in [-0.15, -0.1) is 0 Å². The molecule has 3 aliphatic rings. The first-order valence-corrected chi connectivity index (χ1v) is 11.8. The molecule has 2 amide bonds. The van der Waals surface area contributed by atoms with Gasteiger partial charge in [-0.3, -0.25) is 9.59 Å². The third-order valence-electron chi connectivity index (χ3n) is 5.97. The molecule has 0 unspecified atom stereocenters. The van der Waals surface area contributed by atoms with E-state index in [1.807, 2.05) is 37.4 Å². The van der Waals surface area contributed by atoms with Crippen molar-refractivity contribution in [1.29, 1.82) is 0 Å². The Morgan fingerprint density at radius 3 is 1.94 bits per heavy atom. The van der Waals surface area contributed by atoms with Crippen LogP contribution >= 0.6 is 0 Å². The smallest absolute Gasteiger partial charge is 0.258 e. The Morgan fingerprint density at radius 2 is 1.31 bits per heavy atom. The molecular weight excluding hydrogens is 428 g/mol. The van der Waals surface area contributed by atoms with Gasteiger partial charge in [0.05, 0.1) is 27.4 Å². The average Bonchev–Trinajstić information content (AvgIpc) is 3.33. The van der Waals surface area contributed by atoms with E-state index in [2.05, 4.69) is 15.5 Å². The van der Waals surface area contributed by atoms with Crippen LogP contribution in [0.15, 0.2) is 70.6 Å². The van der Waals surface area contributed by atoms with Gasteiger partial charge in [-0.25, -0.2) is 8.42 Å². The predicted octanol–water partition coefficient (Wildman–Crippen LogP) is 1.00. The summed E-state index contributed by atoms with van der Waals surface area (Å²) in [6, 6.07) is 15.5. The molecule has 2 aromatic rings. The fourth-order valence-corrected chi connectivity index (χ4v) is 5.68. The summed E-state index contributed by atoms with van der Waals surface area (Å²) in [7, 11) is -1.72. The number of nitrogens with zero attached hydrogens (tertiary/aromatic N) is 2. The minimum Gasteiger partial charge on any atom is -0.321 e. The van der Waals surface area contributed by atoms with E-state index in [-0.39, 0.29) is 27.9 Å². The summed E-state index contributed by atoms with van der Waals surface area (Å²) in [5.41, 5.74) is 2.51. The molecule has 0 saturated carbocycles. The van der Waals surface area contributed by atoms with Gasteiger partial charge in [0.25, 0.3) is 11.8 Å². The van der Waals surface area contributed by atoms with Gasteiger partial charge in [-0.1, -0.05) is 42.5 Å². The third-order valence-corrected chi connectivity index (χ3v) is 7.86. The maximum atomic E-state index is 13.2. The number of piperazine rings is 1. The van der Waals surface area contributed by atoms with Gasteiger partial charge in [-0.2, -0.15) is 4.31 Å². The molecule has 0 spiro atoms. The Hall–Kier alpha value is -3.27. The van der Waals surface area contributed by atoms with E-state index in [0.29, 0.717) is 43.1 Å². The molecule has 0 atom stereocenters. The van der Waals surface area contributed by atoms with Crippen molar-refractivity contribution in [3.05, 3.63) is 76.9 Å². The summed E-state index contributed by atoms with van der Waals surface area (Å²) in [5.74, 6) is -0.779. The predicted molar refractivity (Wildman–Crippen MR) is 119 cm³/mol. The number of amides is 2. The van der Waals surface area contributed by atoms with Crippen molar-refractivity contribution < 1.29 is 18.0 Å². The second-order valence-electron chi connectivity index (χ2n) is 8.01. The first-order chi connectivity index (χ1) is 15.4. The lowest BCUT2D eigenvalue weighted by Gasteiger charge is -2.31. The zero-order chi connectivity index (χ0) is 22.5. The van der Waals surface area contributed by atoms with E-state index in [9.17, 15) is 18.0 Å². The summed E-state index contributed by atoms with van der Waals surface area (Å²) in [6.45, 7) is 2.18. The van der Waals surface area contributed by atoms with Crippen molar-refractivity contribution >= 4 is 33.2 Å². The Bertz CT molecular complexity index is 1290. The molecule has 9 heteroatoms. The lowest BCUT2D eigenvalue weighted by molar-refractivity contribution is -0.117. The molecule has 1 saturated heterocycles. The maximum Gasteiger partial charge on any atom is 0.258 e. The van der Waals surface area contributed by atoms with E-state index >= 15 is 0 Å². The van der Waals surface area contributed by atoms with E-state index in [1.165, 1.54) is 10.4 Å². The minimum atomic E-state index is -3.68. The number of sulfonamides is 1. The molecule has 164 valence electrons. The number of carbonyl (C=O) groups is 2. The Morgan fingerprint density at radius 1 is 0.750 bits per heavy atom. The normalized spacial score (nSPS) is 19.9. The average molecular weight is 451 g/mol. The first kappa shape index (κ1) is 20.6. The van der Waals surface area contributed by atoms with Gasteiger partial charge >= 0.3 is 0 Å². The largest absolute Gasteiger partial charge is 0.321 e. The molecule has 0 aromatic heterocycles. The molecule has 1 fully saturated rings. The lowest BCUT2D eigenvalue weighted by Crippen LogP contribution is -2.47. The van der Waals surface area contributed by atoms with Gasteiger partial charge in [-0.05, 0) is 24.7 Å². The summed E-state index contributed by atoms with van der Waals surface area (Å²) < 4.78 is 27.8. The lowest BCUT2D eigenvalue weighted by atomic mass is 10.0. The highest BCUT2D eigenvalue weighted by Crippen LogP contribution is 2.37. The third kappa shape index (κ3) is 3.35. The SMILES string of the molecule is CN1CCN(S(=O)(=O)c2cccc(C3=C4C(=O)NC(c5ccccc5)=C4C(=O)N3)c2)CC1. The standard InChI is InChI=1S/C23H22N4O4S/c1-26-10-12-27(13-11-26)32(30,31)17-9-5-8-16(14-17)21-19-18(22(28)25-21)20(24-23(19)29)15-6-3-2-4-7-15/h2-9,14H,10-13H2,1H3,(H,24,29)(H,25,28). The fourth-order valence-electron chi connectivity index (χ4n) is 4.21. The van der Waals surface area contributed by atoms with Gasteiger partial charge in [0.2, 0.25) is 10.0 Å². The number of carbonyl (C=O) groups excluding carboxylic acids is 2. The van der Waals surface area contributed by atoms with Crippen molar-refractivity contribution in [1.82, 2.24) is 19.8 Å². The number of likely N-dealkylation sites (N-methyl/N-ethyl adjacent to an activating group) is 1. The van der Waals surface area contributed by atoms with Crippen LogP contribution in [0.25, 0.3) is 11.4 Å². The Kier molecular flexibility index (Phi) is 4.96. The van der Waals surface area contributed by atoms with Crippen LogP contribution in [0.3, 0.4) is 0 Å². The molecule has 0 bridgehead atoms. The van der Waals surface area contributed by atoms with Crippen LogP contribution in [-0.4, -0.2) is 62.7 Å². The number of hydrogen-bond acceptors (Lipinski definition) is 5. The highest BCUT2D eigenvalue weighted by Gasteiger charge is 2.41. The summed E-state index contributed by atoms with van der Waals surface area (Å²) in [4.78, 5) is 27.8. The van der Waals surface area contributed by atoms with Gasteiger partial charge < -0.3 is 15.5 Å². The maximum absolute atomic E-state index is 13.2. The number of nitrogens with one attached hydrogen (secondary N) is 2. The minimum absolute atomic E-state index is 0.140. The summed E-state index contributed by atoms with van der Waals surface area (Å²) >= 11 is 0. The molecular formula is C23H22N4O4S. The van der Waals surface area contributed by atoms with Crippen molar-refractivity contribution in [2.75, 3.05) is 33.2 Å². The van der Waals surface area contributed by atoms with Gasteiger partial charge in [0.15, 0.2) is 0 Å². The van der Waals surface area contributed by atoms with E-state index < -0.39 is 10.0 Å². The van der Waals surface area contributed by atoms with Crippen LogP contribution in [0.2, 0.25) is 0 Å². The van der Waals surface area contributed by atoms with Crippen molar-refractivity contribution in [2.45, 2.75) is 4.90 Å². The molecule has 3 heterocycles. The summed E-state index contributed by atoms with van der Waals surface area (Å²) in [5, 5.41) is 5.57. The van der Waals surface area contributed by atoms with Gasteiger partial charge in [0, 0.05) is 31.7 Å². The van der Waals surface area contributed by atoms with Crippen molar-refractivity contribution in [3.8, 4) is 0 Å². The van der Waals surface area contributed by atoms with Crippen LogP contribution in [0.5, 0.6) is 0 Å². The van der Waals surface area contributed by atoms with Crippen molar-refractivity contribution in [2.24, 2.45) is 0 Å².